The molecule has 1 aromatic carbocycles. The van der Waals surface area contributed by atoms with E-state index < -0.39 is 11.6 Å². The molecule has 0 unspecified atom stereocenters. The van der Waals surface area contributed by atoms with Gasteiger partial charge in [0.05, 0.1) is 0 Å². The molecule has 4 rings (SSSR count). The summed E-state index contributed by atoms with van der Waals surface area (Å²) in [7, 11) is 0. The maximum absolute atomic E-state index is 12.8. The highest BCUT2D eigenvalue weighted by molar-refractivity contribution is 5.95. The highest BCUT2D eigenvalue weighted by atomic mass is 16.5. The second-order valence-corrected chi connectivity index (χ2v) is 7.13. The molecule has 154 valence electrons. The Morgan fingerprint density at radius 2 is 2.00 bits per heavy atom. The molecule has 2 aromatic heterocycles. The number of nitrogens with zero attached hydrogens (tertiary/aromatic N) is 2. The van der Waals surface area contributed by atoms with E-state index in [9.17, 15) is 14.4 Å². The molecule has 3 aromatic rings. The molecule has 8 heteroatoms. The van der Waals surface area contributed by atoms with Crippen molar-refractivity contribution < 1.29 is 18.7 Å². The zero-order chi connectivity index (χ0) is 21.1. The average Bonchev–Trinajstić information content (AvgIpc) is 3.25. The number of benzene rings is 1. The first-order valence-electron chi connectivity index (χ1n) is 9.73. The van der Waals surface area contributed by atoms with Gasteiger partial charge in [-0.3, -0.25) is 4.79 Å². The van der Waals surface area contributed by atoms with Crippen molar-refractivity contribution in [1.29, 1.82) is 0 Å². The fourth-order valence-corrected chi connectivity index (χ4v) is 3.59. The van der Waals surface area contributed by atoms with E-state index in [-0.39, 0.29) is 12.5 Å². The van der Waals surface area contributed by atoms with Gasteiger partial charge in [0.15, 0.2) is 0 Å². The lowest BCUT2D eigenvalue weighted by atomic mass is 10.1. The van der Waals surface area contributed by atoms with Crippen molar-refractivity contribution in [1.82, 2.24) is 4.98 Å². The molecule has 0 spiro atoms. The van der Waals surface area contributed by atoms with Crippen LogP contribution >= 0.6 is 0 Å². The van der Waals surface area contributed by atoms with Crippen LogP contribution in [0.1, 0.15) is 35.7 Å². The number of rotatable bonds is 5. The Hall–Kier alpha value is -3.68. The van der Waals surface area contributed by atoms with E-state index in [1.54, 1.807) is 36.5 Å². The third-order valence-electron chi connectivity index (χ3n) is 4.92. The number of carbonyl (C=O) groups excluding carboxylic acids is 2. The van der Waals surface area contributed by atoms with Gasteiger partial charge in [0, 0.05) is 55.0 Å². The van der Waals surface area contributed by atoms with Gasteiger partial charge < -0.3 is 19.4 Å². The molecule has 0 atom stereocenters. The molecule has 8 nitrogen and oxygen atoms in total. The van der Waals surface area contributed by atoms with Crippen molar-refractivity contribution in [2.75, 3.05) is 23.3 Å². The summed E-state index contributed by atoms with van der Waals surface area (Å²) in [5.41, 5.74) is 1.18. The summed E-state index contributed by atoms with van der Waals surface area (Å²) in [6, 6.07) is 9.68. The topological polar surface area (TPSA) is 102 Å². The van der Waals surface area contributed by atoms with Crippen LogP contribution in [0.4, 0.5) is 11.5 Å². The van der Waals surface area contributed by atoms with E-state index in [0.717, 1.165) is 25.9 Å². The van der Waals surface area contributed by atoms with Gasteiger partial charge in [0.25, 0.3) is 0 Å². The van der Waals surface area contributed by atoms with Crippen LogP contribution in [0.15, 0.2) is 51.8 Å². The highest BCUT2D eigenvalue weighted by Gasteiger charge is 2.21. The number of carbonyl (C=O) groups is 2. The number of nitrogens with one attached hydrogen (secondary N) is 1. The van der Waals surface area contributed by atoms with Crippen LogP contribution in [0.3, 0.4) is 0 Å². The summed E-state index contributed by atoms with van der Waals surface area (Å²) in [5, 5.41) is 3.27. The Bertz CT molecular complexity index is 1160. The van der Waals surface area contributed by atoms with Gasteiger partial charge in [-0.2, -0.15) is 0 Å². The van der Waals surface area contributed by atoms with E-state index in [1.807, 2.05) is 0 Å². The van der Waals surface area contributed by atoms with Crippen LogP contribution in [0.2, 0.25) is 0 Å². The number of hydrogen-bond donors (Lipinski definition) is 1. The predicted octanol–water partition coefficient (Wildman–Crippen LogP) is 3.10. The quantitative estimate of drug-likeness (QED) is 0.512. The molecular weight excluding hydrogens is 386 g/mol. The maximum Gasteiger partial charge on any atom is 0.342 e. The van der Waals surface area contributed by atoms with E-state index in [4.69, 9.17) is 9.15 Å². The van der Waals surface area contributed by atoms with E-state index in [2.05, 4.69) is 15.2 Å². The molecule has 1 fully saturated rings. The summed E-state index contributed by atoms with van der Waals surface area (Å²) in [6.45, 7) is 3.02. The molecule has 30 heavy (non-hydrogen) atoms. The molecular formula is C22H21N3O5. The van der Waals surface area contributed by atoms with Crippen molar-refractivity contribution in [3.63, 3.8) is 0 Å². The Balaban J connectivity index is 1.57. The lowest BCUT2D eigenvalue weighted by Crippen LogP contribution is -2.22. The van der Waals surface area contributed by atoms with Gasteiger partial charge in [-0.15, -0.1) is 0 Å². The van der Waals surface area contributed by atoms with Gasteiger partial charge >= 0.3 is 11.6 Å². The zero-order valence-electron chi connectivity index (χ0n) is 16.5. The van der Waals surface area contributed by atoms with E-state index >= 15 is 0 Å². The molecule has 1 aliphatic heterocycles. The smallest absolute Gasteiger partial charge is 0.342 e. The number of hydrogen-bond acceptors (Lipinski definition) is 7. The summed E-state index contributed by atoms with van der Waals surface area (Å²) >= 11 is 0. The van der Waals surface area contributed by atoms with E-state index in [0.29, 0.717) is 33.6 Å². The molecule has 0 radical (unpaired) electrons. The van der Waals surface area contributed by atoms with Crippen molar-refractivity contribution in [3.05, 3.63) is 64.1 Å². The van der Waals surface area contributed by atoms with Gasteiger partial charge in [0.2, 0.25) is 5.91 Å². The Morgan fingerprint density at radius 1 is 1.20 bits per heavy atom. The third-order valence-corrected chi connectivity index (χ3v) is 4.92. The first kappa shape index (κ1) is 19.6. The summed E-state index contributed by atoms with van der Waals surface area (Å²) < 4.78 is 10.8. The number of esters is 1. The molecule has 3 heterocycles. The van der Waals surface area contributed by atoms with Crippen molar-refractivity contribution >= 4 is 34.4 Å². The first-order chi connectivity index (χ1) is 14.5. The van der Waals surface area contributed by atoms with Gasteiger partial charge in [0.1, 0.15) is 23.6 Å². The lowest BCUT2D eigenvalue weighted by molar-refractivity contribution is -0.114. The van der Waals surface area contributed by atoms with Crippen molar-refractivity contribution in [3.8, 4) is 0 Å². The fraction of sp³-hybridized carbons (Fsp3) is 0.273. The summed E-state index contributed by atoms with van der Waals surface area (Å²) in [6.07, 6.45) is 3.79. The SMILES string of the molecule is CC(=O)Nc1ccc2c(COC(=O)c3cccnc3N3CCCC3)cc(=O)oc2c1. The molecule has 1 amide bonds. The van der Waals surface area contributed by atoms with E-state index in [1.165, 1.54) is 13.0 Å². The van der Waals surface area contributed by atoms with Crippen molar-refractivity contribution in [2.45, 2.75) is 26.4 Å². The second kappa shape index (κ2) is 8.36. The standard InChI is InChI=1S/C22H21N3O5/c1-14(26)24-16-6-7-17-15(11-20(27)30-19(17)12-16)13-29-22(28)18-5-4-8-23-21(18)25-9-2-3-10-25/h4-8,11-12H,2-3,9-10,13H2,1H3,(H,24,26). The fourth-order valence-electron chi connectivity index (χ4n) is 3.59. The maximum atomic E-state index is 12.8. The number of anilines is 2. The minimum atomic E-state index is -0.562. The highest BCUT2D eigenvalue weighted by Crippen LogP contribution is 2.25. The second-order valence-electron chi connectivity index (χ2n) is 7.13. The van der Waals surface area contributed by atoms with Crippen LogP contribution in [-0.2, 0) is 16.1 Å². The van der Waals surface area contributed by atoms with Crippen LogP contribution in [0.5, 0.6) is 0 Å². The lowest BCUT2D eigenvalue weighted by Gasteiger charge is -2.19. The third kappa shape index (κ3) is 4.17. The zero-order valence-corrected chi connectivity index (χ0v) is 16.5. The Morgan fingerprint density at radius 3 is 2.77 bits per heavy atom. The summed E-state index contributed by atoms with van der Waals surface area (Å²) in [5.74, 6) is -0.106. The van der Waals surface area contributed by atoms with Crippen LogP contribution in [0.25, 0.3) is 11.0 Å². The molecule has 1 saturated heterocycles. The first-order valence-corrected chi connectivity index (χ1v) is 9.73. The normalized spacial score (nSPS) is 13.4. The average molecular weight is 407 g/mol. The minimum Gasteiger partial charge on any atom is -0.457 e. The monoisotopic (exact) mass is 407 g/mol. The number of fused-ring (bicyclic) bond motifs is 1. The Labute approximate surface area is 172 Å². The van der Waals surface area contributed by atoms with Gasteiger partial charge in [-0.05, 0) is 37.1 Å². The van der Waals surface area contributed by atoms with Crippen molar-refractivity contribution in [2.24, 2.45) is 0 Å². The molecule has 0 saturated carbocycles. The molecule has 1 aliphatic rings. The largest absolute Gasteiger partial charge is 0.457 e. The Kier molecular flexibility index (Phi) is 5.47. The number of pyridine rings is 1. The van der Waals surface area contributed by atoms with Crippen LogP contribution in [0, 0.1) is 0 Å². The number of ether oxygens (including phenoxy) is 1. The molecule has 1 N–H and O–H groups in total. The predicted molar refractivity (Wildman–Crippen MR) is 112 cm³/mol. The molecule has 0 bridgehead atoms. The summed E-state index contributed by atoms with van der Waals surface area (Å²) in [4.78, 5) is 42.4. The van der Waals surface area contributed by atoms with Crippen LogP contribution < -0.4 is 15.8 Å². The van der Waals surface area contributed by atoms with Crippen LogP contribution in [-0.4, -0.2) is 29.9 Å². The molecule has 0 aliphatic carbocycles. The number of amides is 1. The number of aromatic nitrogens is 1. The minimum absolute atomic E-state index is 0.0885. The van der Waals surface area contributed by atoms with Gasteiger partial charge in [-0.25, -0.2) is 14.6 Å². The van der Waals surface area contributed by atoms with Gasteiger partial charge in [-0.1, -0.05) is 0 Å².